The van der Waals surface area contributed by atoms with Crippen molar-refractivity contribution in [2.45, 2.75) is 25.4 Å². The summed E-state index contributed by atoms with van der Waals surface area (Å²) >= 11 is 1.69. The van der Waals surface area contributed by atoms with Crippen LogP contribution in [0.4, 0.5) is 5.82 Å². The molecule has 0 bridgehead atoms. The van der Waals surface area contributed by atoms with Gasteiger partial charge < -0.3 is 14.8 Å². The molecule has 0 atom stereocenters. The Labute approximate surface area is 143 Å². The van der Waals surface area contributed by atoms with Crippen LogP contribution < -0.4 is 4.90 Å². The van der Waals surface area contributed by atoms with E-state index < -0.39 is 0 Å². The molecule has 1 saturated carbocycles. The second kappa shape index (κ2) is 6.20. The predicted octanol–water partition coefficient (Wildman–Crippen LogP) is 2.04. The molecular formula is C16H18N6OS. The first kappa shape index (κ1) is 15.1. The van der Waals surface area contributed by atoms with Crippen LogP contribution in [0.1, 0.15) is 17.7 Å². The minimum atomic E-state index is 0.125. The van der Waals surface area contributed by atoms with E-state index in [2.05, 4.69) is 26.0 Å². The van der Waals surface area contributed by atoms with Crippen LogP contribution in [-0.4, -0.2) is 50.4 Å². The lowest BCUT2D eigenvalue weighted by Gasteiger charge is -2.25. The van der Waals surface area contributed by atoms with Crippen LogP contribution >= 0.6 is 11.3 Å². The fourth-order valence-electron chi connectivity index (χ4n) is 2.79. The van der Waals surface area contributed by atoms with Crippen molar-refractivity contribution in [1.82, 2.24) is 24.8 Å². The molecule has 0 aromatic carbocycles. The number of aromatic amines is 1. The fraction of sp³-hybridized carbons (Fsp3) is 0.375. The van der Waals surface area contributed by atoms with E-state index in [-0.39, 0.29) is 12.5 Å². The molecule has 1 aliphatic carbocycles. The summed E-state index contributed by atoms with van der Waals surface area (Å²) in [6.45, 7) is 0.977. The normalized spacial score (nSPS) is 14.0. The lowest BCUT2D eigenvalue weighted by atomic mass is 10.3. The molecule has 0 unspecified atom stereocenters. The number of fused-ring (bicyclic) bond motifs is 1. The molecule has 0 radical (unpaired) electrons. The fourth-order valence-corrected chi connectivity index (χ4v) is 3.49. The highest BCUT2D eigenvalue weighted by Gasteiger charge is 2.33. The lowest BCUT2D eigenvalue weighted by molar-refractivity contribution is -0.130. The number of rotatable bonds is 6. The average molecular weight is 342 g/mol. The van der Waals surface area contributed by atoms with Gasteiger partial charge in [0.2, 0.25) is 5.91 Å². The Hall–Kier alpha value is -2.48. The van der Waals surface area contributed by atoms with Gasteiger partial charge in [0.05, 0.1) is 19.4 Å². The molecule has 1 fully saturated rings. The zero-order valence-electron chi connectivity index (χ0n) is 13.3. The van der Waals surface area contributed by atoms with Crippen LogP contribution in [0.5, 0.6) is 0 Å². The molecule has 1 aliphatic rings. The molecule has 8 heteroatoms. The van der Waals surface area contributed by atoms with Crippen LogP contribution in [0.2, 0.25) is 0 Å². The number of anilines is 1. The van der Waals surface area contributed by atoms with Crippen molar-refractivity contribution in [3.63, 3.8) is 0 Å². The smallest absolute Gasteiger partial charge is 0.242 e. The van der Waals surface area contributed by atoms with Crippen LogP contribution in [0.3, 0.4) is 0 Å². The summed E-state index contributed by atoms with van der Waals surface area (Å²) in [7, 11) is 1.87. The molecule has 3 aromatic heterocycles. The molecule has 0 saturated heterocycles. The molecular weight excluding hydrogens is 324 g/mol. The van der Waals surface area contributed by atoms with Gasteiger partial charge in [-0.15, -0.1) is 11.3 Å². The minimum absolute atomic E-state index is 0.125. The van der Waals surface area contributed by atoms with Gasteiger partial charge in [0.25, 0.3) is 0 Å². The van der Waals surface area contributed by atoms with Gasteiger partial charge in [0, 0.05) is 18.0 Å². The third kappa shape index (κ3) is 2.96. The number of nitrogens with zero attached hydrogens (tertiary/aromatic N) is 5. The Bertz CT molecular complexity index is 841. The van der Waals surface area contributed by atoms with E-state index in [1.54, 1.807) is 17.7 Å². The predicted molar refractivity (Wildman–Crippen MR) is 92.8 cm³/mol. The van der Waals surface area contributed by atoms with Crippen LogP contribution in [0, 0.1) is 0 Å². The number of H-pyrrole nitrogens is 1. The monoisotopic (exact) mass is 342 g/mol. The molecule has 0 aliphatic heterocycles. The maximum absolute atomic E-state index is 12.8. The number of hydrogen-bond donors (Lipinski definition) is 1. The van der Waals surface area contributed by atoms with Gasteiger partial charge in [-0.1, -0.05) is 6.07 Å². The van der Waals surface area contributed by atoms with Gasteiger partial charge in [-0.2, -0.15) is 0 Å². The van der Waals surface area contributed by atoms with E-state index in [1.165, 1.54) is 11.2 Å². The van der Waals surface area contributed by atoms with Crippen LogP contribution in [-0.2, 0) is 11.3 Å². The van der Waals surface area contributed by atoms with Crippen molar-refractivity contribution in [1.29, 1.82) is 0 Å². The lowest BCUT2D eigenvalue weighted by Crippen LogP contribution is -2.40. The van der Waals surface area contributed by atoms with Gasteiger partial charge in [-0.3, -0.25) is 4.79 Å². The number of carbonyl (C=O) groups is 1. The number of aromatic nitrogens is 4. The second-order valence-electron chi connectivity index (χ2n) is 5.99. The molecule has 24 heavy (non-hydrogen) atoms. The molecule has 0 spiro atoms. The highest BCUT2D eigenvalue weighted by Crippen LogP contribution is 2.29. The highest BCUT2D eigenvalue weighted by atomic mass is 32.1. The Balaban J connectivity index is 1.50. The maximum Gasteiger partial charge on any atom is 0.242 e. The highest BCUT2D eigenvalue weighted by molar-refractivity contribution is 7.09. The van der Waals surface area contributed by atoms with Crippen molar-refractivity contribution in [3.8, 4) is 0 Å². The van der Waals surface area contributed by atoms with Crippen molar-refractivity contribution >= 4 is 34.2 Å². The van der Waals surface area contributed by atoms with Crippen molar-refractivity contribution < 1.29 is 4.79 Å². The van der Waals surface area contributed by atoms with E-state index in [1.807, 2.05) is 28.3 Å². The first-order valence-electron chi connectivity index (χ1n) is 7.89. The van der Waals surface area contributed by atoms with Gasteiger partial charge >= 0.3 is 0 Å². The summed E-state index contributed by atoms with van der Waals surface area (Å²) in [5.74, 6) is 0.817. The van der Waals surface area contributed by atoms with E-state index in [0.717, 1.165) is 18.4 Å². The number of amides is 1. The standard InChI is InChI=1S/C16H18N6OS/c1-21(16-14-15(18-9-17-14)19-10-20-16)8-13(23)22(11-4-5-11)7-12-3-2-6-24-12/h2-3,6,9-11H,4-5,7-8H2,1H3,(H,17,18,19,20). The van der Waals surface area contributed by atoms with Gasteiger partial charge in [-0.05, 0) is 24.3 Å². The molecule has 3 aromatic rings. The van der Waals surface area contributed by atoms with Crippen LogP contribution in [0.25, 0.3) is 11.2 Å². The molecule has 124 valence electrons. The van der Waals surface area contributed by atoms with Crippen molar-refractivity contribution in [2.75, 3.05) is 18.5 Å². The Morgan fingerprint density at radius 2 is 2.25 bits per heavy atom. The molecule has 7 nitrogen and oxygen atoms in total. The Kier molecular flexibility index (Phi) is 3.89. The third-order valence-electron chi connectivity index (χ3n) is 4.15. The number of imidazole rings is 1. The van der Waals surface area contributed by atoms with E-state index in [9.17, 15) is 4.79 Å². The average Bonchev–Trinajstić information content (AvgIpc) is 3.09. The zero-order valence-corrected chi connectivity index (χ0v) is 14.2. The van der Waals surface area contributed by atoms with E-state index in [0.29, 0.717) is 24.1 Å². The summed E-state index contributed by atoms with van der Waals surface area (Å²) in [5, 5.41) is 2.05. The summed E-state index contributed by atoms with van der Waals surface area (Å²) in [6.07, 6.45) is 5.26. The minimum Gasteiger partial charge on any atom is -0.348 e. The summed E-state index contributed by atoms with van der Waals surface area (Å²) in [4.78, 5) is 33.5. The molecule has 1 N–H and O–H groups in total. The molecule has 1 amide bonds. The number of likely N-dealkylation sites (N-methyl/N-ethyl adjacent to an activating group) is 1. The van der Waals surface area contributed by atoms with Crippen LogP contribution in [0.15, 0.2) is 30.2 Å². The SMILES string of the molecule is CN(CC(=O)N(Cc1cccs1)C1CC1)c1ncnc2nc[nH]c12. The van der Waals surface area contributed by atoms with Gasteiger partial charge in [-0.25, -0.2) is 15.0 Å². The quantitative estimate of drug-likeness (QED) is 0.742. The molecule has 3 heterocycles. The molecule has 4 rings (SSSR count). The largest absolute Gasteiger partial charge is 0.348 e. The maximum atomic E-state index is 12.8. The summed E-state index contributed by atoms with van der Waals surface area (Å²) < 4.78 is 0. The first-order chi connectivity index (χ1) is 11.7. The summed E-state index contributed by atoms with van der Waals surface area (Å²) in [6, 6.07) is 4.48. The number of nitrogens with one attached hydrogen (secondary N) is 1. The van der Waals surface area contributed by atoms with E-state index in [4.69, 9.17) is 0 Å². The first-order valence-corrected chi connectivity index (χ1v) is 8.77. The second-order valence-corrected chi connectivity index (χ2v) is 7.02. The number of carbonyl (C=O) groups excluding carboxylic acids is 1. The number of hydrogen-bond acceptors (Lipinski definition) is 6. The van der Waals surface area contributed by atoms with Gasteiger partial charge in [0.1, 0.15) is 11.8 Å². The number of thiophene rings is 1. The summed E-state index contributed by atoms with van der Waals surface area (Å²) in [5.41, 5.74) is 1.36. The van der Waals surface area contributed by atoms with Crippen molar-refractivity contribution in [2.24, 2.45) is 0 Å². The third-order valence-corrected chi connectivity index (χ3v) is 5.01. The topological polar surface area (TPSA) is 78.0 Å². The zero-order chi connectivity index (χ0) is 16.5. The van der Waals surface area contributed by atoms with E-state index >= 15 is 0 Å². The van der Waals surface area contributed by atoms with Gasteiger partial charge in [0.15, 0.2) is 11.5 Å². The Morgan fingerprint density at radius 1 is 1.38 bits per heavy atom. The van der Waals surface area contributed by atoms with Crippen molar-refractivity contribution in [3.05, 3.63) is 35.0 Å². The Morgan fingerprint density at radius 3 is 3.00 bits per heavy atom.